The van der Waals surface area contributed by atoms with E-state index in [0.717, 1.165) is 0 Å². The van der Waals surface area contributed by atoms with E-state index >= 15 is 0 Å². The molecule has 96 valence electrons. The molecule has 1 aromatic carbocycles. The Balaban J connectivity index is 2.34. The number of fused-ring (bicyclic) bond motifs is 1. The van der Waals surface area contributed by atoms with Crippen molar-refractivity contribution >= 4 is 23.1 Å². The van der Waals surface area contributed by atoms with Gasteiger partial charge in [-0.05, 0) is 30.3 Å². The number of nitrogen functional groups attached to an aromatic ring is 1. The lowest BCUT2D eigenvalue weighted by Gasteiger charge is -2.03. The zero-order valence-corrected chi connectivity index (χ0v) is 10.4. The largest absolute Gasteiger partial charge is 0.507 e. The lowest BCUT2D eigenvalue weighted by Crippen LogP contribution is -1.94. The number of benzene rings is 1. The molecular formula is C13H9ClFN3O. The molecule has 0 saturated carbocycles. The Morgan fingerprint density at radius 1 is 1.32 bits per heavy atom. The van der Waals surface area contributed by atoms with Crippen LogP contribution in [0, 0.1) is 5.82 Å². The number of nitrogens with two attached hydrogens (primary N) is 1. The summed E-state index contributed by atoms with van der Waals surface area (Å²) in [6, 6.07) is 7.35. The number of hydrogen-bond acceptors (Lipinski definition) is 3. The normalized spacial score (nSPS) is 11.1. The minimum Gasteiger partial charge on any atom is -0.507 e. The SMILES string of the molecule is Nc1c(-c2cc(Cl)ccc2O)nc2c(F)cccn12. The van der Waals surface area contributed by atoms with Gasteiger partial charge in [-0.15, -0.1) is 0 Å². The summed E-state index contributed by atoms with van der Waals surface area (Å²) in [5.74, 6) is -0.256. The van der Waals surface area contributed by atoms with Gasteiger partial charge in [-0.1, -0.05) is 11.6 Å². The van der Waals surface area contributed by atoms with Crippen LogP contribution < -0.4 is 5.73 Å². The average Bonchev–Trinajstić information content (AvgIpc) is 2.72. The van der Waals surface area contributed by atoms with Crippen molar-refractivity contribution in [3.05, 3.63) is 47.4 Å². The number of phenols is 1. The summed E-state index contributed by atoms with van der Waals surface area (Å²) in [6.45, 7) is 0. The third-order valence-electron chi connectivity index (χ3n) is 2.85. The Bertz CT molecular complexity index is 785. The predicted molar refractivity (Wildman–Crippen MR) is 71.7 cm³/mol. The summed E-state index contributed by atoms with van der Waals surface area (Å²) >= 11 is 5.89. The van der Waals surface area contributed by atoms with Crippen LogP contribution in [-0.4, -0.2) is 14.5 Å². The standard InChI is InChI=1S/C13H9ClFN3O/c14-7-3-4-10(19)8(6-7)11-12(16)18-5-1-2-9(15)13(18)17-11/h1-6,19H,16H2. The molecular weight excluding hydrogens is 269 g/mol. The average molecular weight is 278 g/mol. The first-order valence-corrected chi connectivity index (χ1v) is 5.86. The quantitative estimate of drug-likeness (QED) is 0.718. The zero-order chi connectivity index (χ0) is 13.6. The van der Waals surface area contributed by atoms with Crippen molar-refractivity contribution in [1.82, 2.24) is 9.38 Å². The van der Waals surface area contributed by atoms with Crippen LogP contribution in [0.15, 0.2) is 36.5 Å². The molecule has 0 unspecified atom stereocenters. The zero-order valence-electron chi connectivity index (χ0n) is 9.64. The third kappa shape index (κ3) is 1.79. The van der Waals surface area contributed by atoms with Gasteiger partial charge in [-0.3, -0.25) is 4.40 Å². The molecule has 4 nitrogen and oxygen atoms in total. The third-order valence-corrected chi connectivity index (χ3v) is 3.09. The van der Waals surface area contributed by atoms with E-state index in [1.54, 1.807) is 12.3 Å². The first-order chi connectivity index (χ1) is 9.08. The van der Waals surface area contributed by atoms with E-state index < -0.39 is 5.82 Å². The number of aromatic hydroxyl groups is 1. The van der Waals surface area contributed by atoms with Crippen LogP contribution in [0.1, 0.15) is 0 Å². The highest BCUT2D eigenvalue weighted by Crippen LogP contribution is 2.35. The van der Waals surface area contributed by atoms with E-state index in [1.165, 1.54) is 28.7 Å². The van der Waals surface area contributed by atoms with Crippen LogP contribution in [0.2, 0.25) is 5.02 Å². The fraction of sp³-hybridized carbons (Fsp3) is 0. The molecule has 3 aromatic rings. The molecule has 0 atom stereocenters. The summed E-state index contributed by atoms with van der Waals surface area (Å²) in [5, 5.41) is 10.3. The highest BCUT2D eigenvalue weighted by molar-refractivity contribution is 6.31. The number of phenolic OH excluding ortho intramolecular Hbond substituents is 1. The molecule has 0 radical (unpaired) electrons. The topological polar surface area (TPSA) is 63.5 Å². The Labute approximate surface area is 112 Å². The number of halogens is 2. The molecule has 3 rings (SSSR count). The maximum Gasteiger partial charge on any atom is 0.175 e. The van der Waals surface area contributed by atoms with E-state index in [4.69, 9.17) is 17.3 Å². The first kappa shape index (κ1) is 11.8. The van der Waals surface area contributed by atoms with Gasteiger partial charge < -0.3 is 10.8 Å². The number of rotatable bonds is 1. The van der Waals surface area contributed by atoms with Crippen LogP contribution in [0.3, 0.4) is 0 Å². The summed E-state index contributed by atoms with van der Waals surface area (Å²) in [5.41, 5.74) is 6.71. The summed E-state index contributed by atoms with van der Waals surface area (Å²) in [4.78, 5) is 4.13. The van der Waals surface area contributed by atoms with Crippen LogP contribution in [0.25, 0.3) is 16.9 Å². The molecule has 3 N–H and O–H groups in total. The number of nitrogens with zero attached hydrogens (tertiary/aromatic N) is 2. The minimum atomic E-state index is -0.484. The second-order valence-electron chi connectivity index (χ2n) is 4.06. The van der Waals surface area contributed by atoms with Gasteiger partial charge in [0.2, 0.25) is 0 Å². The molecule has 0 aliphatic rings. The summed E-state index contributed by atoms with van der Waals surface area (Å²) in [6.07, 6.45) is 1.60. The molecule has 6 heteroatoms. The van der Waals surface area contributed by atoms with Crippen LogP contribution in [0.4, 0.5) is 10.2 Å². The highest BCUT2D eigenvalue weighted by Gasteiger charge is 2.16. The lowest BCUT2D eigenvalue weighted by molar-refractivity contribution is 0.477. The van der Waals surface area contributed by atoms with Crippen molar-refractivity contribution < 1.29 is 9.50 Å². The molecule has 0 spiro atoms. The minimum absolute atomic E-state index is 0.0140. The van der Waals surface area contributed by atoms with Gasteiger partial charge in [0.15, 0.2) is 11.5 Å². The van der Waals surface area contributed by atoms with E-state index in [9.17, 15) is 9.50 Å². The summed E-state index contributed by atoms with van der Waals surface area (Å²) < 4.78 is 15.1. The predicted octanol–water partition coefficient (Wildman–Crippen LogP) is 3.08. The number of aromatic nitrogens is 2. The fourth-order valence-corrected chi connectivity index (χ4v) is 2.12. The molecule has 0 fully saturated rings. The molecule has 19 heavy (non-hydrogen) atoms. The fourth-order valence-electron chi connectivity index (χ4n) is 1.95. The Hall–Kier alpha value is -2.27. The number of hydrogen-bond donors (Lipinski definition) is 2. The molecule has 2 aromatic heterocycles. The number of anilines is 1. The van der Waals surface area contributed by atoms with Crippen molar-refractivity contribution in [1.29, 1.82) is 0 Å². The Kier molecular flexibility index (Phi) is 2.57. The highest BCUT2D eigenvalue weighted by atomic mass is 35.5. The molecule has 0 aliphatic carbocycles. The molecule has 0 bridgehead atoms. The van der Waals surface area contributed by atoms with E-state index in [1.807, 2.05) is 0 Å². The number of imidazole rings is 1. The smallest absolute Gasteiger partial charge is 0.175 e. The van der Waals surface area contributed by atoms with Gasteiger partial charge in [0.1, 0.15) is 17.3 Å². The molecule has 0 amide bonds. The van der Waals surface area contributed by atoms with Gasteiger partial charge in [0, 0.05) is 16.8 Å². The Morgan fingerprint density at radius 3 is 2.84 bits per heavy atom. The van der Waals surface area contributed by atoms with Crippen molar-refractivity contribution in [2.24, 2.45) is 0 Å². The van der Waals surface area contributed by atoms with E-state index in [-0.39, 0.29) is 17.2 Å². The van der Waals surface area contributed by atoms with Crippen LogP contribution in [-0.2, 0) is 0 Å². The van der Waals surface area contributed by atoms with Gasteiger partial charge in [0.25, 0.3) is 0 Å². The second-order valence-corrected chi connectivity index (χ2v) is 4.49. The summed E-state index contributed by atoms with van der Waals surface area (Å²) in [7, 11) is 0. The maximum absolute atomic E-state index is 13.6. The Morgan fingerprint density at radius 2 is 2.11 bits per heavy atom. The monoisotopic (exact) mass is 277 g/mol. The van der Waals surface area contributed by atoms with Crippen molar-refractivity contribution in [3.8, 4) is 17.0 Å². The molecule has 0 saturated heterocycles. The van der Waals surface area contributed by atoms with Crippen molar-refractivity contribution in [2.75, 3.05) is 5.73 Å². The molecule has 2 heterocycles. The second kappa shape index (κ2) is 4.13. The number of pyridine rings is 1. The van der Waals surface area contributed by atoms with Gasteiger partial charge >= 0.3 is 0 Å². The molecule has 0 aliphatic heterocycles. The van der Waals surface area contributed by atoms with Crippen molar-refractivity contribution in [3.63, 3.8) is 0 Å². The van der Waals surface area contributed by atoms with E-state index in [2.05, 4.69) is 4.98 Å². The first-order valence-electron chi connectivity index (χ1n) is 5.49. The maximum atomic E-state index is 13.6. The van der Waals surface area contributed by atoms with Gasteiger partial charge in [-0.2, -0.15) is 0 Å². The van der Waals surface area contributed by atoms with Crippen molar-refractivity contribution in [2.45, 2.75) is 0 Å². The van der Waals surface area contributed by atoms with Crippen LogP contribution >= 0.6 is 11.6 Å². The lowest BCUT2D eigenvalue weighted by atomic mass is 10.1. The van der Waals surface area contributed by atoms with E-state index in [0.29, 0.717) is 16.3 Å². The van der Waals surface area contributed by atoms with Gasteiger partial charge in [0.05, 0.1) is 0 Å². The van der Waals surface area contributed by atoms with Gasteiger partial charge in [-0.25, -0.2) is 9.37 Å². The van der Waals surface area contributed by atoms with Crippen LogP contribution in [0.5, 0.6) is 5.75 Å².